The second kappa shape index (κ2) is 7.46. The smallest absolute Gasteiger partial charge is 0.227 e. The van der Waals surface area contributed by atoms with Crippen LogP contribution in [0.15, 0.2) is 101 Å². The van der Waals surface area contributed by atoms with Crippen LogP contribution in [0.5, 0.6) is 0 Å². The molecule has 2 nitrogen and oxygen atoms in total. The Hall–Kier alpha value is -3.39. The first-order valence-electron chi connectivity index (χ1n) is 9.08. The summed E-state index contributed by atoms with van der Waals surface area (Å²) in [6.07, 6.45) is 15.3. The molecule has 0 bridgehead atoms. The first kappa shape index (κ1) is 17.0. The van der Waals surface area contributed by atoms with Crippen LogP contribution in [0.25, 0.3) is 28.6 Å². The van der Waals surface area contributed by atoms with Crippen molar-refractivity contribution in [1.29, 1.82) is 0 Å². The topological polar surface area (TPSA) is 26.0 Å². The summed E-state index contributed by atoms with van der Waals surface area (Å²) < 4.78 is 6.19. The summed E-state index contributed by atoms with van der Waals surface area (Å²) in [5.41, 5.74) is 7.32. The van der Waals surface area contributed by atoms with Crippen LogP contribution < -0.4 is 0 Å². The van der Waals surface area contributed by atoms with Crippen LogP contribution in [0, 0.1) is 0 Å². The normalized spacial score (nSPS) is 18.0. The fourth-order valence-electron chi connectivity index (χ4n) is 3.17. The largest absolute Gasteiger partial charge is 0.436 e. The van der Waals surface area contributed by atoms with Gasteiger partial charge in [-0.25, -0.2) is 4.98 Å². The Morgan fingerprint density at radius 1 is 1.04 bits per heavy atom. The molecule has 0 saturated heterocycles. The van der Waals surface area contributed by atoms with Crippen LogP contribution in [0.2, 0.25) is 0 Å². The zero-order chi connectivity index (χ0) is 18.6. The summed E-state index contributed by atoms with van der Waals surface area (Å²) in [5.74, 6) is 0.659. The van der Waals surface area contributed by atoms with E-state index in [0.717, 1.165) is 45.4 Å². The summed E-state index contributed by atoms with van der Waals surface area (Å²) in [6, 6.07) is 14.2. The minimum Gasteiger partial charge on any atom is -0.436 e. The maximum absolute atomic E-state index is 6.19. The zero-order valence-corrected chi connectivity index (χ0v) is 15.4. The highest BCUT2D eigenvalue weighted by molar-refractivity contribution is 5.83. The molecule has 0 fully saturated rings. The van der Waals surface area contributed by atoms with E-state index in [1.54, 1.807) is 0 Å². The van der Waals surface area contributed by atoms with Gasteiger partial charge in [0.2, 0.25) is 5.89 Å². The van der Waals surface area contributed by atoms with E-state index in [2.05, 4.69) is 56.0 Å². The van der Waals surface area contributed by atoms with Gasteiger partial charge in [0.15, 0.2) is 5.58 Å². The molecule has 1 aliphatic carbocycles. The number of hydrogen-bond acceptors (Lipinski definition) is 2. The highest BCUT2D eigenvalue weighted by atomic mass is 16.3. The number of nitrogens with zero attached hydrogens (tertiary/aromatic N) is 1. The molecular formula is C25H21NO. The number of rotatable bonds is 2. The molecule has 1 aliphatic rings. The van der Waals surface area contributed by atoms with Gasteiger partial charge in [0.05, 0.1) is 0 Å². The number of aromatic nitrogens is 1. The van der Waals surface area contributed by atoms with Crippen molar-refractivity contribution in [2.24, 2.45) is 0 Å². The third-order valence-electron chi connectivity index (χ3n) is 4.77. The predicted molar refractivity (Wildman–Crippen MR) is 113 cm³/mol. The van der Waals surface area contributed by atoms with Crippen molar-refractivity contribution in [2.45, 2.75) is 13.3 Å². The zero-order valence-electron chi connectivity index (χ0n) is 15.4. The van der Waals surface area contributed by atoms with Gasteiger partial charge in [-0.3, -0.25) is 0 Å². The molecule has 132 valence electrons. The molecule has 27 heavy (non-hydrogen) atoms. The lowest BCUT2D eigenvalue weighted by Crippen LogP contribution is -1.90. The molecule has 0 N–H and O–H groups in total. The van der Waals surface area contributed by atoms with Gasteiger partial charge in [-0.2, -0.15) is 0 Å². The molecule has 4 rings (SSSR count). The van der Waals surface area contributed by atoms with Crippen LogP contribution >= 0.6 is 0 Å². The summed E-state index contributed by atoms with van der Waals surface area (Å²) in [7, 11) is 0. The van der Waals surface area contributed by atoms with Crippen molar-refractivity contribution in [3.8, 4) is 11.5 Å². The highest BCUT2D eigenvalue weighted by Gasteiger charge is 2.13. The summed E-state index contributed by atoms with van der Waals surface area (Å²) >= 11 is 0. The van der Waals surface area contributed by atoms with E-state index in [1.807, 2.05) is 42.5 Å². The Labute approximate surface area is 159 Å². The lowest BCUT2D eigenvalue weighted by molar-refractivity contribution is 0.616. The number of oxazole rings is 1. The quantitative estimate of drug-likeness (QED) is 0.515. The van der Waals surface area contributed by atoms with Crippen LogP contribution in [0.4, 0.5) is 0 Å². The van der Waals surface area contributed by atoms with Crippen molar-refractivity contribution in [2.75, 3.05) is 0 Å². The van der Waals surface area contributed by atoms with Gasteiger partial charge in [0.25, 0.3) is 0 Å². The van der Waals surface area contributed by atoms with Crippen LogP contribution in [-0.2, 0) is 6.42 Å². The van der Waals surface area contributed by atoms with E-state index in [-0.39, 0.29) is 0 Å². The fraction of sp³-hybridized carbons (Fsp3) is 0.0800. The summed E-state index contributed by atoms with van der Waals surface area (Å²) in [6.45, 7) is 5.95. The molecule has 0 spiro atoms. The molecule has 0 atom stereocenters. The van der Waals surface area contributed by atoms with E-state index < -0.39 is 0 Å². The average molecular weight is 351 g/mol. The maximum Gasteiger partial charge on any atom is 0.227 e. The fourth-order valence-corrected chi connectivity index (χ4v) is 3.17. The molecule has 0 radical (unpaired) electrons. The van der Waals surface area contributed by atoms with E-state index in [9.17, 15) is 0 Å². The maximum atomic E-state index is 6.19. The number of hydrogen-bond donors (Lipinski definition) is 0. The van der Waals surface area contributed by atoms with Crippen LogP contribution in [0.1, 0.15) is 18.1 Å². The first-order chi connectivity index (χ1) is 13.3. The Morgan fingerprint density at radius 2 is 1.89 bits per heavy atom. The molecular weight excluding hydrogens is 330 g/mol. The van der Waals surface area contributed by atoms with E-state index >= 15 is 0 Å². The van der Waals surface area contributed by atoms with Gasteiger partial charge in [-0.05, 0) is 48.3 Å². The minimum absolute atomic E-state index is 0.659. The van der Waals surface area contributed by atoms with Gasteiger partial charge in [-0.15, -0.1) is 0 Å². The molecule has 2 aromatic carbocycles. The summed E-state index contributed by atoms with van der Waals surface area (Å²) in [5, 5.41) is 0. The summed E-state index contributed by atoms with van der Waals surface area (Å²) in [4.78, 5) is 4.69. The van der Waals surface area contributed by atoms with Crippen molar-refractivity contribution in [1.82, 2.24) is 4.98 Å². The molecule has 0 aliphatic heterocycles. The van der Waals surface area contributed by atoms with E-state index in [0.29, 0.717) is 5.89 Å². The van der Waals surface area contributed by atoms with E-state index in [1.165, 1.54) is 0 Å². The molecule has 0 unspecified atom stereocenters. The van der Waals surface area contributed by atoms with E-state index in [4.69, 9.17) is 9.40 Å². The minimum atomic E-state index is 0.659. The number of benzene rings is 2. The Bertz CT molecular complexity index is 1110. The van der Waals surface area contributed by atoms with Gasteiger partial charge in [-0.1, -0.05) is 73.4 Å². The lowest BCUT2D eigenvalue weighted by atomic mass is 9.99. The van der Waals surface area contributed by atoms with Crippen LogP contribution in [0.3, 0.4) is 0 Å². The molecule has 1 aromatic heterocycles. The first-order valence-corrected chi connectivity index (χ1v) is 9.08. The van der Waals surface area contributed by atoms with Crippen molar-refractivity contribution in [3.05, 3.63) is 108 Å². The SMILES string of the molecule is C=C\C(C)=C1C=Cc2ccc3nc(-c4ccccc4)oc3c2C\C=C/C=C\1. The van der Waals surface area contributed by atoms with Gasteiger partial charge >= 0.3 is 0 Å². The third kappa shape index (κ3) is 3.47. The molecule has 1 heterocycles. The van der Waals surface area contributed by atoms with Gasteiger partial charge in [0, 0.05) is 11.1 Å². The molecule has 2 heteroatoms. The Morgan fingerprint density at radius 3 is 2.70 bits per heavy atom. The lowest BCUT2D eigenvalue weighted by Gasteiger charge is -2.06. The monoisotopic (exact) mass is 351 g/mol. The molecule has 3 aromatic rings. The third-order valence-corrected chi connectivity index (χ3v) is 4.77. The Balaban J connectivity index is 1.86. The second-order valence-corrected chi connectivity index (χ2v) is 6.53. The standard InChI is InChI=1S/C25H21NO/c1-3-18(2)19-10-6-5-9-13-22-20(15-14-19)16-17-23-24(22)27-25(26-23)21-11-7-4-8-12-21/h3-12,14-17H,1,13H2,2H3/b9-5-,10-6-,15-14?,19-18+. The predicted octanol–water partition coefficient (Wildman–Crippen LogP) is 6.68. The van der Waals surface area contributed by atoms with Crippen molar-refractivity contribution < 1.29 is 4.42 Å². The van der Waals surface area contributed by atoms with Crippen LogP contribution in [-0.4, -0.2) is 4.98 Å². The number of allylic oxidation sites excluding steroid dienone is 8. The number of fused-ring (bicyclic) bond motifs is 3. The Kier molecular flexibility index (Phi) is 4.71. The molecule has 0 amide bonds. The van der Waals surface area contributed by atoms with Gasteiger partial charge < -0.3 is 4.42 Å². The average Bonchev–Trinajstić information content (AvgIpc) is 3.16. The molecule has 0 saturated carbocycles. The van der Waals surface area contributed by atoms with Crippen molar-refractivity contribution >= 4 is 17.2 Å². The van der Waals surface area contributed by atoms with Gasteiger partial charge in [0.1, 0.15) is 5.52 Å². The second-order valence-electron chi connectivity index (χ2n) is 6.53. The van der Waals surface area contributed by atoms with Crippen molar-refractivity contribution in [3.63, 3.8) is 0 Å². The highest BCUT2D eigenvalue weighted by Crippen LogP contribution is 2.30.